The van der Waals surface area contributed by atoms with Gasteiger partial charge in [0.1, 0.15) is 0 Å². The standard InChI is InChI=1S/C13H23N3S/c1-10-9-17-13(15-10)8-12(16-14)7-6-11-4-2-3-5-11/h9,11-12,16H,2-8,14H2,1H3. The van der Waals surface area contributed by atoms with E-state index in [9.17, 15) is 0 Å². The van der Waals surface area contributed by atoms with Crippen molar-refractivity contribution in [1.29, 1.82) is 0 Å². The molecule has 0 saturated heterocycles. The first-order valence-electron chi connectivity index (χ1n) is 6.65. The van der Waals surface area contributed by atoms with E-state index < -0.39 is 0 Å². The summed E-state index contributed by atoms with van der Waals surface area (Å²) in [6.45, 7) is 2.05. The molecule has 4 heteroatoms. The average Bonchev–Trinajstić information content (AvgIpc) is 2.96. The number of nitrogens with one attached hydrogen (secondary N) is 1. The molecule has 1 unspecified atom stereocenters. The minimum absolute atomic E-state index is 0.390. The maximum Gasteiger partial charge on any atom is 0.0944 e. The van der Waals surface area contributed by atoms with Crippen LogP contribution in [0.2, 0.25) is 0 Å². The zero-order valence-electron chi connectivity index (χ0n) is 10.6. The lowest BCUT2D eigenvalue weighted by atomic mass is 9.97. The maximum atomic E-state index is 5.64. The Kier molecular flexibility index (Phi) is 4.95. The summed E-state index contributed by atoms with van der Waals surface area (Å²) in [6.07, 6.45) is 9.18. The lowest BCUT2D eigenvalue weighted by Crippen LogP contribution is -2.37. The van der Waals surface area contributed by atoms with Crippen LogP contribution in [0.1, 0.15) is 49.2 Å². The first kappa shape index (κ1) is 13.0. The van der Waals surface area contributed by atoms with Gasteiger partial charge < -0.3 is 0 Å². The second-order valence-corrected chi connectivity index (χ2v) is 6.12. The lowest BCUT2D eigenvalue weighted by molar-refractivity contribution is 0.406. The maximum absolute atomic E-state index is 5.64. The lowest BCUT2D eigenvalue weighted by Gasteiger charge is -2.16. The minimum Gasteiger partial charge on any atom is -0.271 e. The number of nitrogens with two attached hydrogens (primary N) is 1. The Balaban J connectivity index is 1.75. The molecule has 1 aromatic rings. The summed E-state index contributed by atoms with van der Waals surface area (Å²) < 4.78 is 0. The van der Waals surface area contributed by atoms with E-state index in [0.29, 0.717) is 6.04 Å². The third kappa shape index (κ3) is 4.05. The monoisotopic (exact) mass is 253 g/mol. The van der Waals surface area contributed by atoms with Crippen LogP contribution in [0.4, 0.5) is 0 Å². The number of hydrogen-bond acceptors (Lipinski definition) is 4. The average molecular weight is 253 g/mol. The Hall–Kier alpha value is -0.450. The van der Waals surface area contributed by atoms with Crippen molar-refractivity contribution in [2.24, 2.45) is 11.8 Å². The highest BCUT2D eigenvalue weighted by molar-refractivity contribution is 7.09. The van der Waals surface area contributed by atoms with Crippen LogP contribution in [0.15, 0.2) is 5.38 Å². The van der Waals surface area contributed by atoms with Crippen molar-refractivity contribution in [2.75, 3.05) is 0 Å². The Labute approximate surface area is 108 Å². The van der Waals surface area contributed by atoms with E-state index in [1.54, 1.807) is 11.3 Å². The number of hydrazine groups is 1. The smallest absolute Gasteiger partial charge is 0.0944 e. The molecule has 3 N–H and O–H groups in total. The molecule has 1 aromatic heterocycles. The number of nitrogens with zero attached hydrogens (tertiary/aromatic N) is 1. The predicted molar refractivity (Wildman–Crippen MR) is 72.9 cm³/mol. The molecule has 1 fully saturated rings. The van der Waals surface area contributed by atoms with E-state index in [2.05, 4.69) is 15.8 Å². The summed E-state index contributed by atoms with van der Waals surface area (Å²) in [4.78, 5) is 4.50. The van der Waals surface area contributed by atoms with Crippen molar-refractivity contribution in [3.05, 3.63) is 16.1 Å². The molecule has 17 heavy (non-hydrogen) atoms. The second-order valence-electron chi connectivity index (χ2n) is 5.18. The number of hydrogen-bond donors (Lipinski definition) is 2. The van der Waals surface area contributed by atoms with Crippen LogP contribution in [-0.2, 0) is 6.42 Å². The molecule has 1 atom stereocenters. The third-order valence-corrected chi connectivity index (χ3v) is 4.71. The van der Waals surface area contributed by atoms with Crippen LogP contribution >= 0.6 is 11.3 Å². The van der Waals surface area contributed by atoms with Gasteiger partial charge in [0, 0.05) is 23.5 Å². The van der Waals surface area contributed by atoms with Crippen molar-refractivity contribution >= 4 is 11.3 Å². The van der Waals surface area contributed by atoms with Crippen molar-refractivity contribution in [2.45, 2.75) is 57.9 Å². The highest BCUT2D eigenvalue weighted by Gasteiger charge is 2.17. The minimum atomic E-state index is 0.390. The van der Waals surface area contributed by atoms with Gasteiger partial charge in [-0.1, -0.05) is 25.7 Å². The van der Waals surface area contributed by atoms with Crippen LogP contribution in [0.5, 0.6) is 0 Å². The van der Waals surface area contributed by atoms with Gasteiger partial charge in [-0.2, -0.15) is 0 Å². The molecule has 0 radical (unpaired) electrons. The molecule has 2 rings (SSSR count). The van der Waals surface area contributed by atoms with Crippen molar-refractivity contribution < 1.29 is 0 Å². The van der Waals surface area contributed by atoms with Gasteiger partial charge in [0.2, 0.25) is 0 Å². The van der Waals surface area contributed by atoms with Gasteiger partial charge in [-0.05, 0) is 25.7 Å². The molecule has 3 nitrogen and oxygen atoms in total. The molecule has 0 bridgehead atoms. The quantitative estimate of drug-likeness (QED) is 0.605. The zero-order chi connectivity index (χ0) is 12.1. The Morgan fingerprint density at radius 3 is 2.88 bits per heavy atom. The Morgan fingerprint density at radius 1 is 1.53 bits per heavy atom. The fraction of sp³-hybridized carbons (Fsp3) is 0.769. The number of aryl methyl sites for hydroxylation is 1. The molecule has 0 aliphatic heterocycles. The van der Waals surface area contributed by atoms with E-state index in [1.807, 2.05) is 6.92 Å². The normalized spacial score (nSPS) is 18.7. The molecular weight excluding hydrogens is 230 g/mol. The molecule has 1 heterocycles. The molecule has 1 aliphatic rings. The van der Waals surface area contributed by atoms with Crippen LogP contribution < -0.4 is 11.3 Å². The number of aromatic nitrogens is 1. The Bertz CT molecular complexity index is 331. The van der Waals surface area contributed by atoms with E-state index in [1.165, 1.54) is 43.5 Å². The van der Waals surface area contributed by atoms with E-state index in [0.717, 1.165) is 18.0 Å². The summed E-state index contributed by atoms with van der Waals surface area (Å²) in [5.41, 5.74) is 4.07. The van der Waals surface area contributed by atoms with Crippen molar-refractivity contribution in [1.82, 2.24) is 10.4 Å². The molecule has 1 saturated carbocycles. The van der Waals surface area contributed by atoms with Gasteiger partial charge in [0.15, 0.2) is 0 Å². The summed E-state index contributed by atoms with van der Waals surface area (Å²) >= 11 is 1.74. The van der Waals surface area contributed by atoms with Crippen LogP contribution in [0.25, 0.3) is 0 Å². The molecule has 0 aromatic carbocycles. The van der Waals surface area contributed by atoms with Gasteiger partial charge in [-0.3, -0.25) is 11.3 Å². The summed E-state index contributed by atoms with van der Waals surface area (Å²) in [6, 6.07) is 0.390. The highest BCUT2D eigenvalue weighted by atomic mass is 32.1. The molecule has 0 amide bonds. The van der Waals surface area contributed by atoms with E-state index in [-0.39, 0.29) is 0 Å². The van der Waals surface area contributed by atoms with Gasteiger partial charge in [0.25, 0.3) is 0 Å². The SMILES string of the molecule is Cc1csc(CC(CCC2CCCC2)NN)n1. The third-order valence-electron chi connectivity index (χ3n) is 3.72. The predicted octanol–water partition coefficient (Wildman–Crippen LogP) is 2.80. The first-order chi connectivity index (χ1) is 8.28. The summed E-state index contributed by atoms with van der Waals surface area (Å²) in [7, 11) is 0. The van der Waals surface area contributed by atoms with Crippen molar-refractivity contribution in [3.63, 3.8) is 0 Å². The second kappa shape index (κ2) is 6.47. The summed E-state index contributed by atoms with van der Waals surface area (Å²) in [5, 5.41) is 3.32. The van der Waals surface area contributed by atoms with Gasteiger partial charge in [-0.25, -0.2) is 4.98 Å². The van der Waals surface area contributed by atoms with Gasteiger partial charge >= 0.3 is 0 Å². The molecule has 0 spiro atoms. The van der Waals surface area contributed by atoms with Crippen molar-refractivity contribution in [3.8, 4) is 0 Å². The zero-order valence-corrected chi connectivity index (χ0v) is 11.4. The fourth-order valence-electron chi connectivity index (χ4n) is 2.69. The highest BCUT2D eigenvalue weighted by Crippen LogP contribution is 2.29. The van der Waals surface area contributed by atoms with Gasteiger partial charge in [0.05, 0.1) is 5.01 Å². The molecular formula is C13H23N3S. The van der Waals surface area contributed by atoms with Gasteiger partial charge in [-0.15, -0.1) is 11.3 Å². The molecule has 1 aliphatic carbocycles. The number of rotatable bonds is 6. The topological polar surface area (TPSA) is 50.9 Å². The fourth-order valence-corrected chi connectivity index (χ4v) is 3.54. The first-order valence-corrected chi connectivity index (χ1v) is 7.53. The van der Waals surface area contributed by atoms with E-state index in [4.69, 9.17) is 5.84 Å². The van der Waals surface area contributed by atoms with Crippen LogP contribution in [0.3, 0.4) is 0 Å². The Morgan fingerprint density at radius 2 is 2.29 bits per heavy atom. The van der Waals surface area contributed by atoms with Crippen LogP contribution in [-0.4, -0.2) is 11.0 Å². The van der Waals surface area contributed by atoms with Crippen LogP contribution in [0, 0.1) is 12.8 Å². The summed E-state index contributed by atoms with van der Waals surface area (Å²) in [5.74, 6) is 6.59. The largest absolute Gasteiger partial charge is 0.271 e. The molecule has 96 valence electrons. The number of thiazole rings is 1. The van der Waals surface area contributed by atoms with E-state index >= 15 is 0 Å².